The number of pyridine rings is 1. The first kappa shape index (κ1) is 24.3. The van der Waals surface area contributed by atoms with Gasteiger partial charge in [-0.1, -0.05) is 68.4 Å². The van der Waals surface area contributed by atoms with E-state index >= 15 is 0 Å². The monoisotopic (exact) mass is 511 g/mol. The zero-order valence-electron chi connectivity index (χ0n) is 20.5. The summed E-state index contributed by atoms with van der Waals surface area (Å²) in [5.74, 6) is 1.85. The number of tetrazole rings is 1. The molecule has 0 spiro atoms. The molecule has 10 heteroatoms. The van der Waals surface area contributed by atoms with E-state index in [9.17, 15) is 0 Å². The normalized spacial score (nSPS) is 11.0. The minimum absolute atomic E-state index is 0.197. The van der Waals surface area contributed by atoms with Crippen molar-refractivity contribution in [3.63, 3.8) is 0 Å². The van der Waals surface area contributed by atoms with Crippen LogP contribution in [0.1, 0.15) is 19.4 Å². The van der Waals surface area contributed by atoms with Crippen molar-refractivity contribution in [2.24, 2.45) is 5.92 Å². The molecule has 0 bridgehead atoms. The van der Waals surface area contributed by atoms with Crippen molar-refractivity contribution >= 4 is 28.8 Å². The van der Waals surface area contributed by atoms with Crippen molar-refractivity contribution in [2.45, 2.75) is 20.4 Å². The summed E-state index contributed by atoms with van der Waals surface area (Å²) in [5.41, 5.74) is 5.32. The van der Waals surface area contributed by atoms with Crippen molar-refractivity contribution in [1.29, 1.82) is 0 Å². The van der Waals surface area contributed by atoms with Gasteiger partial charge in [-0.25, -0.2) is 20.1 Å². The molecule has 0 unspecified atom stereocenters. The minimum atomic E-state index is 0.197. The van der Waals surface area contributed by atoms with Gasteiger partial charge in [-0.3, -0.25) is 0 Å². The predicted octanol–water partition coefficient (Wildman–Crippen LogP) is 5.78. The van der Waals surface area contributed by atoms with Gasteiger partial charge in [0.05, 0.1) is 23.8 Å². The van der Waals surface area contributed by atoms with Crippen LogP contribution in [0.4, 0.5) is 17.2 Å². The highest BCUT2D eigenvalue weighted by Crippen LogP contribution is 2.33. The molecule has 0 fully saturated rings. The zero-order chi connectivity index (χ0) is 25.6. The molecule has 2 aromatic carbocycles. The van der Waals surface area contributed by atoms with Gasteiger partial charge in [-0.15, -0.1) is 5.10 Å². The minimum Gasteiger partial charge on any atom is -0.353 e. The Hall–Kier alpha value is -4.37. The Morgan fingerprint density at radius 2 is 1.65 bits per heavy atom. The number of halogens is 1. The predicted molar refractivity (Wildman–Crippen MR) is 145 cm³/mol. The molecule has 0 atom stereocenters. The maximum absolute atomic E-state index is 5.89. The lowest BCUT2D eigenvalue weighted by Crippen LogP contribution is -2.28. The van der Waals surface area contributed by atoms with E-state index in [0.29, 0.717) is 11.7 Å². The highest BCUT2D eigenvalue weighted by molar-refractivity contribution is 6.28. The Morgan fingerprint density at radius 1 is 0.919 bits per heavy atom. The number of H-pyrrole nitrogens is 1. The fourth-order valence-corrected chi connectivity index (χ4v) is 4.20. The van der Waals surface area contributed by atoms with Crippen LogP contribution < -0.4 is 10.2 Å². The number of aromatic amines is 1. The smallest absolute Gasteiger partial charge is 0.222 e. The van der Waals surface area contributed by atoms with E-state index in [4.69, 9.17) is 16.6 Å². The third-order valence-electron chi connectivity index (χ3n) is 5.65. The zero-order valence-corrected chi connectivity index (χ0v) is 21.3. The van der Waals surface area contributed by atoms with E-state index in [-0.39, 0.29) is 5.28 Å². The van der Waals surface area contributed by atoms with Gasteiger partial charge in [-0.2, -0.15) is 0 Å². The highest BCUT2D eigenvalue weighted by atomic mass is 35.5. The second-order valence-electron chi connectivity index (χ2n) is 9.02. The molecule has 5 rings (SSSR count). The maximum atomic E-state index is 5.89. The Balaban J connectivity index is 1.61. The molecule has 37 heavy (non-hydrogen) atoms. The third-order valence-corrected chi connectivity index (χ3v) is 5.85. The van der Waals surface area contributed by atoms with Crippen molar-refractivity contribution in [3.05, 3.63) is 90.0 Å². The fraction of sp³-hybridized carbons (Fsp3) is 0.185. The van der Waals surface area contributed by atoms with Crippen molar-refractivity contribution in [1.82, 2.24) is 35.6 Å². The summed E-state index contributed by atoms with van der Waals surface area (Å²) >= 11 is 5.89. The SMILES string of the molecule is CC(C)CN(Cc1ccccc1)c1cc(Nc2cnc(Cl)nc2)cc(-c2ccccc2-c2nnn[nH]2)n1. The second kappa shape index (κ2) is 11.1. The number of nitrogens with zero attached hydrogens (tertiary/aromatic N) is 7. The quantitative estimate of drug-likeness (QED) is 0.240. The highest BCUT2D eigenvalue weighted by Gasteiger charge is 2.17. The lowest BCUT2D eigenvalue weighted by molar-refractivity contribution is 0.605. The Morgan fingerprint density at radius 3 is 2.35 bits per heavy atom. The standard InChI is InChI=1S/C27H26ClN9/c1-18(2)16-37(17-19-8-4-3-5-9-19)25-13-20(31-21-14-29-27(28)30-15-21)12-24(32-25)22-10-6-7-11-23(22)26-33-35-36-34-26/h3-15,18H,16-17H2,1-2H3,(H,31,32)(H,33,34,35,36). The summed E-state index contributed by atoms with van der Waals surface area (Å²) in [6, 6.07) is 22.4. The first-order chi connectivity index (χ1) is 18.0. The summed E-state index contributed by atoms with van der Waals surface area (Å²) in [5, 5.41) is 18.1. The van der Waals surface area contributed by atoms with E-state index in [1.54, 1.807) is 12.4 Å². The molecular formula is C27H26ClN9. The molecule has 0 aliphatic heterocycles. The van der Waals surface area contributed by atoms with Gasteiger partial charge in [0.1, 0.15) is 5.82 Å². The van der Waals surface area contributed by atoms with Crippen LogP contribution in [0, 0.1) is 5.92 Å². The van der Waals surface area contributed by atoms with Crippen LogP contribution in [0.5, 0.6) is 0 Å². The van der Waals surface area contributed by atoms with Crippen molar-refractivity contribution in [2.75, 3.05) is 16.8 Å². The molecule has 9 nitrogen and oxygen atoms in total. The van der Waals surface area contributed by atoms with Crippen LogP contribution in [0.3, 0.4) is 0 Å². The molecule has 186 valence electrons. The van der Waals surface area contributed by atoms with Gasteiger partial charge in [0, 0.05) is 36.0 Å². The average molecular weight is 512 g/mol. The van der Waals surface area contributed by atoms with Crippen LogP contribution in [0.25, 0.3) is 22.6 Å². The Bertz CT molecular complexity index is 1440. The van der Waals surface area contributed by atoms with Crippen LogP contribution in [0.15, 0.2) is 79.1 Å². The van der Waals surface area contributed by atoms with E-state index in [0.717, 1.165) is 47.1 Å². The Kier molecular flexibility index (Phi) is 7.32. The van der Waals surface area contributed by atoms with Gasteiger partial charge < -0.3 is 10.2 Å². The average Bonchev–Trinajstić information content (AvgIpc) is 3.45. The molecule has 3 aromatic heterocycles. The summed E-state index contributed by atoms with van der Waals surface area (Å²) < 4.78 is 0. The summed E-state index contributed by atoms with van der Waals surface area (Å²) in [6.45, 7) is 5.98. The number of benzene rings is 2. The molecule has 0 radical (unpaired) electrons. The molecule has 0 aliphatic carbocycles. The molecule has 2 N–H and O–H groups in total. The lowest BCUT2D eigenvalue weighted by Gasteiger charge is -2.27. The van der Waals surface area contributed by atoms with Crippen LogP contribution >= 0.6 is 11.6 Å². The first-order valence-corrected chi connectivity index (χ1v) is 12.3. The van der Waals surface area contributed by atoms with Gasteiger partial charge >= 0.3 is 0 Å². The van der Waals surface area contributed by atoms with Crippen LogP contribution in [-0.4, -0.2) is 42.1 Å². The maximum Gasteiger partial charge on any atom is 0.222 e. The van der Waals surface area contributed by atoms with Gasteiger partial charge in [0.25, 0.3) is 0 Å². The first-order valence-electron chi connectivity index (χ1n) is 11.9. The van der Waals surface area contributed by atoms with E-state index in [2.05, 4.69) is 78.9 Å². The molecule has 0 saturated carbocycles. The topological polar surface area (TPSA) is 108 Å². The van der Waals surface area contributed by atoms with Gasteiger partial charge in [0.2, 0.25) is 5.28 Å². The Labute approximate surface area is 220 Å². The number of rotatable bonds is 9. The van der Waals surface area contributed by atoms with E-state index in [1.807, 2.05) is 42.5 Å². The lowest BCUT2D eigenvalue weighted by atomic mass is 10.0. The van der Waals surface area contributed by atoms with Crippen molar-refractivity contribution < 1.29 is 0 Å². The number of anilines is 3. The largest absolute Gasteiger partial charge is 0.353 e. The fourth-order valence-electron chi connectivity index (χ4n) is 4.10. The number of hydrogen-bond donors (Lipinski definition) is 2. The molecular weight excluding hydrogens is 486 g/mol. The van der Waals surface area contributed by atoms with E-state index in [1.165, 1.54) is 5.56 Å². The number of hydrogen-bond acceptors (Lipinski definition) is 8. The van der Waals surface area contributed by atoms with Crippen LogP contribution in [-0.2, 0) is 6.54 Å². The summed E-state index contributed by atoms with van der Waals surface area (Å²) in [6.07, 6.45) is 3.30. The molecule has 5 aromatic rings. The van der Waals surface area contributed by atoms with Crippen LogP contribution in [0.2, 0.25) is 5.28 Å². The second-order valence-corrected chi connectivity index (χ2v) is 9.36. The molecule has 0 amide bonds. The van der Waals surface area contributed by atoms with E-state index < -0.39 is 0 Å². The summed E-state index contributed by atoms with van der Waals surface area (Å²) in [4.78, 5) is 15.6. The molecule has 0 saturated heterocycles. The van der Waals surface area contributed by atoms with Gasteiger partial charge in [0.15, 0.2) is 5.82 Å². The molecule has 3 heterocycles. The number of nitrogens with one attached hydrogen (secondary N) is 2. The number of aromatic nitrogens is 7. The molecule has 0 aliphatic rings. The summed E-state index contributed by atoms with van der Waals surface area (Å²) in [7, 11) is 0. The van der Waals surface area contributed by atoms with Gasteiger partial charge in [-0.05, 0) is 39.6 Å². The third kappa shape index (κ3) is 6.07. The van der Waals surface area contributed by atoms with Crippen molar-refractivity contribution in [3.8, 4) is 22.6 Å².